The van der Waals surface area contributed by atoms with Crippen molar-refractivity contribution in [2.75, 3.05) is 0 Å². The van der Waals surface area contributed by atoms with E-state index in [1.807, 2.05) is 0 Å². The van der Waals surface area contributed by atoms with E-state index in [-0.39, 0.29) is 6.54 Å². The summed E-state index contributed by atoms with van der Waals surface area (Å²) < 4.78 is 0. The molecule has 1 aromatic carbocycles. The Morgan fingerprint density at radius 2 is 1.92 bits per heavy atom. The van der Waals surface area contributed by atoms with Crippen LogP contribution in [0, 0.1) is 4.91 Å². The molecule has 2 nitrogen and oxygen atoms in total. The molecule has 0 aromatic heterocycles. The van der Waals surface area contributed by atoms with Crippen molar-refractivity contribution in [1.82, 2.24) is 0 Å². The van der Waals surface area contributed by atoms with Crippen molar-refractivity contribution in [2.45, 2.75) is 6.54 Å². The zero-order valence-electron chi connectivity index (χ0n) is 5.85. The first kappa shape index (κ1) is 9.78. The highest BCUT2D eigenvalue weighted by atomic mass is 35.5. The highest BCUT2D eigenvalue weighted by Crippen LogP contribution is 2.29. The van der Waals surface area contributed by atoms with E-state index >= 15 is 0 Å². The van der Waals surface area contributed by atoms with Crippen molar-refractivity contribution in [3.05, 3.63) is 37.7 Å². The number of benzene rings is 1. The lowest BCUT2D eigenvalue weighted by atomic mass is 10.2. The number of nitroso groups, excluding NO2 is 1. The summed E-state index contributed by atoms with van der Waals surface area (Å²) in [5.41, 5.74) is 0.546. The van der Waals surface area contributed by atoms with E-state index in [2.05, 4.69) is 5.18 Å². The van der Waals surface area contributed by atoms with Crippen molar-refractivity contribution < 1.29 is 0 Å². The molecule has 64 valence electrons. The first-order valence-corrected chi connectivity index (χ1v) is 4.21. The summed E-state index contributed by atoms with van der Waals surface area (Å²) in [6.45, 7) is -0.0148. The molecule has 0 aliphatic carbocycles. The van der Waals surface area contributed by atoms with Gasteiger partial charge in [0.2, 0.25) is 0 Å². The molecule has 0 saturated heterocycles. The first-order chi connectivity index (χ1) is 5.65. The molecular weight excluding hydrogens is 220 g/mol. The van der Waals surface area contributed by atoms with E-state index in [1.165, 1.54) is 6.07 Å². The summed E-state index contributed by atoms with van der Waals surface area (Å²) in [6.07, 6.45) is 0. The van der Waals surface area contributed by atoms with Gasteiger partial charge in [-0.1, -0.05) is 40.0 Å². The van der Waals surface area contributed by atoms with Crippen LogP contribution in [-0.2, 0) is 6.54 Å². The molecule has 1 rings (SSSR count). The van der Waals surface area contributed by atoms with Crippen LogP contribution in [0.4, 0.5) is 0 Å². The smallest absolute Gasteiger partial charge is 0.108 e. The number of nitrogens with zero attached hydrogens (tertiary/aromatic N) is 1. The number of hydrogen-bond donors (Lipinski definition) is 0. The van der Waals surface area contributed by atoms with Crippen LogP contribution in [0.3, 0.4) is 0 Å². The third kappa shape index (κ3) is 2.09. The average Bonchev–Trinajstić information content (AvgIpc) is 2.00. The van der Waals surface area contributed by atoms with Crippen molar-refractivity contribution in [2.24, 2.45) is 5.18 Å². The third-order valence-corrected chi connectivity index (χ3v) is 2.36. The number of rotatable bonds is 2. The Hall–Kier alpha value is -0.310. The van der Waals surface area contributed by atoms with E-state index in [9.17, 15) is 4.91 Å². The van der Waals surface area contributed by atoms with Gasteiger partial charge in [-0.25, -0.2) is 0 Å². The Bertz CT molecular complexity index is 314. The van der Waals surface area contributed by atoms with Gasteiger partial charge in [0.15, 0.2) is 0 Å². The predicted molar refractivity (Wildman–Crippen MR) is 51.0 cm³/mol. The van der Waals surface area contributed by atoms with Gasteiger partial charge in [0.1, 0.15) is 6.54 Å². The lowest BCUT2D eigenvalue weighted by Gasteiger charge is -2.01. The topological polar surface area (TPSA) is 29.4 Å². The zero-order chi connectivity index (χ0) is 9.14. The SMILES string of the molecule is O=NCc1cc(Cl)cc(Cl)c1Cl. The fraction of sp³-hybridized carbons (Fsp3) is 0.143. The zero-order valence-corrected chi connectivity index (χ0v) is 8.12. The van der Waals surface area contributed by atoms with Crippen molar-refractivity contribution in [1.29, 1.82) is 0 Å². The average molecular weight is 224 g/mol. The maximum absolute atomic E-state index is 9.95. The third-order valence-electron chi connectivity index (χ3n) is 1.30. The molecular formula is C7H4Cl3NO. The molecule has 0 amide bonds. The summed E-state index contributed by atoms with van der Waals surface area (Å²) >= 11 is 17.1. The number of hydrogen-bond acceptors (Lipinski definition) is 2. The minimum Gasteiger partial charge on any atom is -0.150 e. The molecule has 0 atom stereocenters. The second-order valence-corrected chi connectivity index (χ2v) is 3.37. The van der Waals surface area contributed by atoms with Gasteiger partial charge in [-0.2, -0.15) is 4.91 Å². The van der Waals surface area contributed by atoms with Crippen LogP contribution >= 0.6 is 34.8 Å². The molecule has 0 saturated carbocycles. The molecule has 0 radical (unpaired) electrons. The fourth-order valence-electron chi connectivity index (χ4n) is 0.794. The Balaban J connectivity index is 3.17. The second kappa shape index (κ2) is 4.08. The van der Waals surface area contributed by atoms with Gasteiger partial charge in [-0.15, -0.1) is 0 Å². The maximum Gasteiger partial charge on any atom is 0.108 e. The minimum atomic E-state index is -0.0148. The van der Waals surface area contributed by atoms with E-state index in [0.717, 1.165) is 0 Å². The molecule has 5 heteroatoms. The van der Waals surface area contributed by atoms with E-state index < -0.39 is 0 Å². The van der Waals surface area contributed by atoms with Crippen LogP contribution in [0.1, 0.15) is 5.56 Å². The van der Waals surface area contributed by atoms with Crippen LogP contribution in [0.15, 0.2) is 17.3 Å². The van der Waals surface area contributed by atoms with Gasteiger partial charge in [0.05, 0.1) is 10.0 Å². The molecule has 0 N–H and O–H groups in total. The van der Waals surface area contributed by atoms with Gasteiger partial charge in [-0.3, -0.25) is 0 Å². The molecule has 12 heavy (non-hydrogen) atoms. The van der Waals surface area contributed by atoms with Crippen LogP contribution in [0.25, 0.3) is 0 Å². The Labute approximate surface area is 84.4 Å². The molecule has 0 aliphatic heterocycles. The van der Waals surface area contributed by atoms with Gasteiger partial charge in [0, 0.05) is 5.02 Å². The number of halogens is 3. The van der Waals surface area contributed by atoms with Gasteiger partial charge in [-0.05, 0) is 17.7 Å². The van der Waals surface area contributed by atoms with E-state index in [0.29, 0.717) is 20.6 Å². The normalized spacial score (nSPS) is 9.92. The second-order valence-electron chi connectivity index (χ2n) is 2.15. The van der Waals surface area contributed by atoms with Crippen LogP contribution in [0.2, 0.25) is 15.1 Å². The summed E-state index contributed by atoms with van der Waals surface area (Å²) in [7, 11) is 0. The largest absolute Gasteiger partial charge is 0.150 e. The lowest BCUT2D eigenvalue weighted by Crippen LogP contribution is -1.83. The molecule has 0 fully saturated rings. The quantitative estimate of drug-likeness (QED) is 0.553. The Kier molecular flexibility index (Phi) is 3.32. The van der Waals surface area contributed by atoms with Crippen molar-refractivity contribution in [3.63, 3.8) is 0 Å². The first-order valence-electron chi connectivity index (χ1n) is 3.07. The van der Waals surface area contributed by atoms with Crippen molar-refractivity contribution >= 4 is 34.8 Å². The predicted octanol–water partition coefficient (Wildman–Crippen LogP) is 3.91. The fourth-order valence-corrected chi connectivity index (χ4v) is 1.50. The van der Waals surface area contributed by atoms with Crippen LogP contribution in [-0.4, -0.2) is 0 Å². The molecule has 0 bridgehead atoms. The monoisotopic (exact) mass is 223 g/mol. The summed E-state index contributed by atoms with van der Waals surface area (Å²) in [4.78, 5) is 9.95. The van der Waals surface area contributed by atoms with E-state index in [4.69, 9.17) is 34.8 Å². The molecule has 0 unspecified atom stereocenters. The highest BCUT2D eigenvalue weighted by Gasteiger charge is 2.06. The van der Waals surface area contributed by atoms with E-state index in [1.54, 1.807) is 6.07 Å². The van der Waals surface area contributed by atoms with Crippen LogP contribution < -0.4 is 0 Å². The van der Waals surface area contributed by atoms with Crippen LogP contribution in [0.5, 0.6) is 0 Å². The maximum atomic E-state index is 9.95. The minimum absolute atomic E-state index is 0.0148. The standard InChI is InChI=1S/C7H4Cl3NO/c8-5-1-4(3-11-12)7(10)6(9)2-5/h1-2H,3H2. The summed E-state index contributed by atoms with van der Waals surface area (Å²) in [5, 5.41) is 3.81. The Morgan fingerprint density at radius 1 is 1.25 bits per heavy atom. The summed E-state index contributed by atoms with van der Waals surface area (Å²) in [5.74, 6) is 0. The molecule has 1 aromatic rings. The Morgan fingerprint density at radius 3 is 2.50 bits per heavy atom. The molecule has 0 spiro atoms. The van der Waals surface area contributed by atoms with Gasteiger partial charge >= 0.3 is 0 Å². The summed E-state index contributed by atoms with van der Waals surface area (Å²) in [6, 6.07) is 3.08. The van der Waals surface area contributed by atoms with Crippen molar-refractivity contribution in [3.8, 4) is 0 Å². The van der Waals surface area contributed by atoms with Gasteiger partial charge < -0.3 is 0 Å². The molecule has 0 heterocycles. The molecule has 0 aliphatic rings. The van der Waals surface area contributed by atoms with Gasteiger partial charge in [0.25, 0.3) is 0 Å². The highest BCUT2D eigenvalue weighted by molar-refractivity contribution is 6.43. The lowest BCUT2D eigenvalue weighted by molar-refractivity contribution is 1.06.